The monoisotopic (exact) mass is 330 g/mol. The van der Waals surface area contributed by atoms with Crippen molar-refractivity contribution in [2.45, 2.75) is 39.2 Å². The molecule has 4 heteroatoms. The predicted octanol–water partition coefficient (Wildman–Crippen LogP) is 5.29. The molecule has 2 rings (SSSR count). The minimum Gasteiger partial charge on any atom is -0.374 e. The normalized spacial score (nSPS) is 13.2. The Balaban J connectivity index is 2.05. The van der Waals surface area contributed by atoms with Crippen molar-refractivity contribution in [2.75, 3.05) is 10.6 Å². The standard InChI is InChI=1S/C19H23ClN2O/c1-4-13(2)17-7-5-6-8-18(17)22-19(23)14(3)21-16-11-9-15(20)10-12-16/h5-14,21H,4H2,1-3H3,(H,22,23). The summed E-state index contributed by atoms with van der Waals surface area (Å²) in [5.74, 6) is 0.349. The van der Waals surface area contributed by atoms with Crippen molar-refractivity contribution in [3.05, 3.63) is 59.1 Å². The Hall–Kier alpha value is -2.00. The van der Waals surface area contributed by atoms with Crippen molar-refractivity contribution >= 4 is 28.9 Å². The largest absolute Gasteiger partial charge is 0.374 e. The van der Waals surface area contributed by atoms with Crippen molar-refractivity contribution in [1.29, 1.82) is 0 Å². The Kier molecular flexibility index (Phi) is 6.05. The second-order valence-electron chi connectivity index (χ2n) is 5.76. The van der Waals surface area contributed by atoms with Crippen LogP contribution in [-0.4, -0.2) is 11.9 Å². The summed E-state index contributed by atoms with van der Waals surface area (Å²) in [6.07, 6.45) is 1.03. The molecule has 2 N–H and O–H groups in total. The van der Waals surface area contributed by atoms with Crippen LogP contribution >= 0.6 is 11.6 Å². The molecular weight excluding hydrogens is 308 g/mol. The van der Waals surface area contributed by atoms with Gasteiger partial charge in [0, 0.05) is 16.4 Å². The molecule has 0 aliphatic heterocycles. The lowest BCUT2D eigenvalue weighted by Gasteiger charge is -2.19. The number of rotatable bonds is 6. The summed E-state index contributed by atoms with van der Waals surface area (Å²) >= 11 is 5.87. The number of halogens is 1. The van der Waals surface area contributed by atoms with Crippen molar-refractivity contribution in [2.24, 2.45) is 0 Å². The fraction of sp³-hybridized carbons (Fsp3) is 0.316. The van der Waals surface area contributed by atoms with Gasteiger partial charge in [0.25, 0.3) is 0 Å². The number of carbonyl (C=O) groups is 1. The summed E-state index contributed by atoms with van der Waals surface area (Å²) in [5, 5.41) is 6.89. The van der Waals surface area contributed by atoms with Crippen molar-refractivity contribution in [3.8, 4) is 0 Å². The van der Waals surface area contributed by atoms with E-state index in [1.54, 1.807) is 12.1 Å². The van der Waals surface area contributed by atoms with Gasteiger partial charge in [-0.25, -0.2) is 0 Å². The van der Waals surface area contributed by atoms with Gasteiger partial charge in [0.1, 0.15) is 6.04 Å². The maximum absolute atomic E-state index is 12.4. The van der Waals surface area contributed by atoms with Crippen LogP contribution in [0.4, 0.5) is 11.4 Å². The summed E-state index contributed by atoms with van der Waals surface area (Å²) < 4.78 is 0. The van der Waals surface area contributed by atoms with E-state index in [0.717, 1.165) is 17.8 Å². The van der Waals surface area contributed by atoms with Crippen LogP contribution in [0.3, 0.4) is 0 Å². The van der Waals surface area contributed by atoms with Gasteiger partial charge in [-0.05, 0) is 55.2 Å². The summed E-state index contributed by atoms with van der Waals surface area (Å²) in [5.41, 5.74) is 2.92. The van der Waals surface area contributed by atoms with E-state index in [1.807, 2.05) is 37.3 Å². The maximum atomic E-state index is 12.4. The van der Waals surface area contributed by atoms with Crippen molar-refractivity contribution in [3.63, 3.8) is 0 Å². The molecule has 2 atom stereocenters. The Labute approximate surface area is 143 Å². The average molecular weight is 331 g/mol. The highest BCUT2D eigenvalue weighted by molar-refractivity contribution is 6.30. The summed E-state index contributed by atoms with van der Waals surface area (Å²) in [4.78, 5) is 12.4. The van der Waals surface area contributed by atoms with Gasteiger partial charge in [-0.1, -0.05) is 43.6 Å². The summed E-state index contributed by atoms with van der Waals surface area (Å²) in [6.45, 7) is 6.16. The smallest absolute Gasteiger partial charge is 0.246 e. The highest BCUT2D eigenvalue weighted by atomic mass is 35.5. The number of hydrogen-bond donors (Lipinski definition) is 2. The lowest BCUT2D eigenvalue weighted by molar-refractivity contribution is -0.116. The molecular formula is C19H23ClN2O. The first-order valence-electron chi connectivity index (χ1n) is 7.93. The number of benzene rings is 2. The van der Waals surface area contributed by atoms with Crippen LogP contribution in [0, 0.1) is 0 Å². The fourth-order valence-electron chi connectivity index (χ4n) is 2.36. The molecule has 0 spiro atoms. The number of para-hydroxylation sites is 1. The van der Waals surface area contributed by atoms with Gasteiger partial charge in [0.05, 0.1) is 0 Å². The van der Waals surface area contributed by atoms with Crippen LogP contribution in [0.1, 0.15) is 38.7 Å². The van der Waals surface area contributed by atoms with Crippen LogP contribution in [0.15, 0.2) is 48.5 Å². The van der Waals surface area contributed by atoms with E-state index >= 15 is 0 Å². The van der Waals surface area contributed by atoms with E-state index in [9.17, 15) is 4.79 Å². The highest BCUT2D eigenvalue weighted by Crippen LogP contribution is 2.26. The van der Waals surface area contributed by atoms with Gasteiger partial charge >= 0.3 is 0 Å². The zero-order chi connectivity index (χ0) is 16.8. The molecule has 0 saturated carbocycles. The number of hydrogen-bond acceptors (Lipinski definition) is 2. The van der Waals surface area contributed by atoms with Crippen LogP contribution in [0.2, 0.25) is 5.02 Å². The number of carbonyl (C=O) groups excluding carboxylic acids is 1. The third-order valence-electron chi connectivity index (χ3n) is 3.98. The van der Waals surface area contributed by atoms with Gasteiger partial charge in [0.15, 0.2) is 0 Å². The molecule has 0 radical (unpaired) electrons. The molecule has 122 valence electrons. The Morgan fingerprint density at radius 1 is 1.09 bits per heavy atom. The number of amides is 1. The van der Waals surface area contributed by atoms with Gasteiger partial charge < -0.3 is 10.6 Å². The highest BCUT2D eigenvalue weighted by Gasteiger charge is 2.16. The molecule has 0 bridgehead atoms. The van der Waals surface area contributed by atoms with E-state index in [1.165, 1.54) is 5.56 Å². The first-order chi connectivity index (χ1) is 11.0. The van der Waals surface area contributed by atoms with Gasteiger partial charge in [-0.2, -0.15) is 0 Å². The summed E-state index contributed by atoms with van der Waals surface area (Å²) in [7, 11) is 0. The van der Waals surface area contributed by atoms with E-state index < -0.39 is 0 Å². The molecule has 0 heterocycles. The first-order valence-corrected chi connectivity index (χ1v) is 8.31. The molecule has 2 aromatic rings. The van der Waals surface area contributed by atoms with Gasteiger partial charge in [-0.15, -0.1) is 0 Å². The molecule has 2 aromatic carbocycles. The van der Waals surface area contributed by atoms with E-state index in [4.69, 9.17) is 11.6 Å². The second kappa shape index (κ2) is 8.02. The third kappa shape index (κ3) is 4.73. The minimum absolute atomic E-state index is 0.0595. The zero-order valence-electron chi connectivity index (χ0n) is 13.8. The quantitative estimate of drug-likeness (QED) is 0.755. The van der Waals surface area contributed by atoms with Gasteiger partial charge in [0.2, 0.25) is 5.91 Å². The topological polar surface area (TPSA) is 41.1 Å². The zero-order valence-corrected chi connectivity index (χ0v) is 14.5. The molecule has 3 nitrogen and oxygen atoms in total. The minimum atomic E-state index is -0.346. The van der Waals surface area contributed by atoms with Crippen LogP contribution in [0.25, 0.3) is 0 Å². The van der Waals surface area contributed by atoms with Crippen LogP contribution < -0.4 is 10.6 Å². The summed E-state index contributed by atoms with van der Waals surface area (Å²) in [6, 6.07) is 14.9. The van der Waals surface area contributed by atoms with Crippen LogP contribution in [0.5, 0.6) is 0 Å². The third-order valence-corrected chi connectivity index (χ3v) is 4.23. The number of nitrogens with one attached hydrogen (secondary N) is 2. The Morgan fingerprint density at radius 3 is 2.39 bits per heavy atom. The van der Waals surface area contributed by atoms with E-state index in [0.29, 0.717) is 10.9 Å². The molecule has 0 aromatic heterocycles. The molecule has 0 aliphatic rings. The maximum Gasteiger partial charge on any atom is 0.246 e. The van der Waals surface area contributed by atoms with Gasteiger partial charge in [-0.3, -0.25) is 4.79 Å². The Bertz CT molecular complexity index is 655. The predicted molar refractivity (Wildman–Crippen MR) is 98.3 cm³/mol. The van der Waals surface area contributed by atoms with Crippen molar-refractivity contribution < 1.29 is 4.79 Å². The van der Waals surface area contributed by atoms with E-state index in [2.05, 4.69) is 30.5 Å². The molecule has 23 heavy (non-hydrogen) atoms. The lowest BCUT2D eigenvalue weighted by Crippen LogP contribution is -2.32. The molecule has 0 aliphatic carbocycles. The molecule has 1 amide bonds. The SMILES string of the molecule is CCC(C)c1ccccc1NC(=O)C(C)Nc1ccc(Cl)cc1. The molecule has 0 fully saturated rings. The van der Waals surface area contributed by atoms with Crippen LogP contribution in [-0.2, 0) is 4.79 Å². The second-order valence-corrected chi connectivity index (χ2v) is 6.20. The van der Waals surface area contributed by atoms with E-state index in [-0.39, 0.29) is 11.9 Å². The number of anilines is 2. The lowest BCUT2D eigenvalue weighted by atomic mass is 9.97. The first kappa shape index (κ1) is 17.4. The Morgan fingerprint density at radius 2 is 1.74 bits per heavy atom. The molecule has 0 saturated heterocycles. The molecule has 2 unspecified atom stereocenters. The van der Waals surface area contributed by atoms with Crippen molar-refractivity contribution in [1.82, 2.24) is 0 Å². The average Bonchev–Trinajstić information content (AvgIpc) is 2.56. The fourth-order valence-corrected chi connectivity index (χ4v) is 2.49.